The summed E-state index contributed by atoms with van der Waals surface area (Å²) in [5.41, 5.74) is 11.5. The number of hydrogen-bond acceptors (Lipinski definition) is 6. The third-order valence-electron chi connectivity index (χ3n) is 10.2. The predicted octanol–water partition coefficient (Wildman–Crippen LogP) is 6.44. The molecule has 0 saturated heterocycles. The van der Waals surface area contributed by atoms with Crippen molar-refractivity contribution in [2.45, 2.75) is 19.6 Å². The second-order valence-electron chi connectivity index (χ2n) is 14.5. The number of imidazole rings is 3. The normalized spacial score (nSPS) is 11.2. The molecular weight excluding hydrogens is 745 g/mol. The van der Waals surface area contributed by atoms with Crippen LogP contribution in [-0.2, 0) is 19.6 Å². The maximum Gasteiger partial charge on any atom is 0.249 e. The van der Waals surface area contributed by atoms with Gasteiger partial charge >= 0.3 is 0 Å². The molecule has 12 heteroatoms. The fourth-order valence-corrected chi connectivity index (χ4v) is 7.13. The minimum atomic E-state index is 0.680. The Morgan fingerprint density at radius 3 is 0.933 bits per heavy atom. The van der Waals surface area contributed by atoms with Gasteiger partial charge in [-0.1, -0.05) is 36.4 Å². The summed E-state index contributed by atoms with van der Waals surface area (Å²) < 4.78 is 13.0. The largest absolute Gasteiger partial charge is 0.255 e. The van der Waals surface area contributed by atoms with E-state index >= 15 is 0 Å². The molecule has 0 amide bonds. The van der Waals surface area contributed by atoms with Crippen LogP contribution in [0.5, 0.6) is 0 Å². The first-order valence-corrected chi connectivity index (χ1v) is 19.6. The molecule has 0 N–H and O–H groups in total. The Kier molecular flexibility index (Phi) is 9.82. The van der Waals surface area contributed by atoms with Gasteiger partial charge in [0.2, 0.25) is 19.0 Å². The van der Waals surface area contributed by atoms with Crippen LogP contribution in [0.4, 0.5) is 0 Å². The van der Waals surface area contributed by atoms with Crippen molar-refractivity contribution in [2.24, 2.45) is 0 Å². The van der Waals surface area contributed by atoms with Crippen LogP contribution in [0.15, 0.2) is 203 Å². The van der Waals surface area contributed by atoms with E-state index in [1.54, 1.807) is 18.6 Å². The molecule has 0 bridgehead atoms. The highest BCUT2D eigenvalue weighted by Gasteiger charge is 2.19. The Morgan fingerprint density at radius 1 is 0.350 bits per heavy atom. The first-order chi connectivity index (χ1) is 29.6. The number of aromatic nitrogens is 12. The molecule has 0 unspecified atom stereocenters. The summed E-state index contributed by atoms with van der Waals surface area (Å²) in [7, 11) is 0. The molecule has 9 aromatic heterocycles. The van der Waals surface area contributed by atoms with Gasteiger partial charge in [0.25, 0.3) is 0 Å². The Morgan fingerprint density at radius 2 is 0.667 bits per heavy atom. The van der Waals surface area contributed by atoms with Gasteiger partial charge < -0.3 is 0 Å². The third-order valence-corrected chi connectivity index (χ3v) is 10.2. The summed E-state index contributed by atoms with van der Waals surface area (Å²) in [4.78, 5) is 27.4. The van der Waals surface area contributed by atoms with E-state index in [4.69, 9.17) is 0 Å². The van der Waals surface area contributed by atoms with Gasteiger partial charge in [-0.2, -0.15) is 0 Å². The van der Waals surface area contributed by atoms with Crippen LogP contribution in [0.25, 0.3) is 51.2 Å². The second kappa shape index (κ2) is 16.3. The number of benzene rings is 1. The zero-order valence-corrected chi connectivity index (χ0v) is 32.5. The molecule has 288 valence electrons. The average molecular weight is 784 g/mol. The highest BCUT2D eigenvalue weighted by atomic mass is 15.2. The van der Waals surface area contributed by atoms with Gasteiger partial charge in [-0.15, -0.1) is 0 Å². The molecule has 0 fully saturated rings. The molecule has 10 rings (SSSR count). The highest BCUT2D eigenvalue weighted by Crippen LogP contribution is 2.22. The van der Waals surface area contributed by atoms with Crippen LogP contribution in [0.3, 0.4) is 0 Å². The van der Waals surface area contributed by atoms with Crippen LogP contribution in [-0.4, -0.2) is 43.6 Å². The van der Waals surface area contributed by atoms with Crippen molar-refractivity contribution < 1.29 is 13.7 Å². The average Bonchev–Trinajstić information content (AvgIpc) is 4.11. The van der Waals surface area contributed by atoms with Crippen LogP contribution in [0.1, 0.15) is 16.7 Å². The van der Waals surface area contributed by atoms with Crippen LogP contribution >= 0.6 is 0 Å². The van der Waals surface area contributed by atoms with Crippen molar-refractivity contribution in [3.8, 4) is 51.2 Å². The van der Waals surface area contributed by atoms with Gasteiger partial charge in [0.1, 0.15) is 73.9 Å². The predicted molar refractivity (Wildman–Crippen MR) is 225 cm³/mol. The van der Waals surface area contributed by atoms with E-state index in [1.807, 2.05) is 91.4 Å². The molecule has 0 saturated carbocycles. The molecule has 9 heterocycles. The van der Waals surface area contributed by atoms with Crippen LogP contribution in [0, 0.1) is 0 Å². The first-order valence-electron chi connectivity index (χ1n) is 19.6. The summed E-state index contributed by atoms with van der Waals surface area (Å²) >= 11 is 0. The summed E-state index contributed by atoms with van der Waals surface area (Å²) in [6, 6.07) is 36.6. The molecule has 0 spiro atoms. The molecule has 1 aromatic carbocycles. The van der Waals surface area contributed by atoms with E-state index in [1.165, 1.54) is 0 Å². The molecule has 60 heavy (non-hydrogen) atoms. The molecule has 0 atom stereocenters. The topological polar surface area (TPSA) is 104 Å². The van der Waals surface area contributed by atoms with Gasteiger partial charge in [-0.25, -0.2) is 27.4 Å². The summed E-state index contributed by atoms with van der Waals surface area (Å²) in [6.07, 6.45) is 30.0. The molecular formula is C48H39N12+3. The lowest BCUT2D eigenvalue weighted by Gasteiger charge is -2.04. The lowest BCUT2D eigenvalue weighted by Crippen LogP contribution is -2.31. The molecule has 0 aliphatic carbocycles. The fourth-order valence-electron chi connectivity index (χ4n) is 7.13. The van der Waals surface area contributed by atoms with Crippen molar-refractivity contribution in [3.05, 3.63) is 219 Å². The quantitative estimate of drug-likeness (QED) is 0.132. The lowest BCUT2D eigenvalue weighted by atomic mass is 10.2. The van der Waals surface area contributed by atoms with E-state index in [0.29, 0.717) is 19.6 Å². The van der Waals surface area contributed by atoms with E-state index in [0.717, 1.165) is 67.9 Å². The Labute approximate surface area is 346 Å². The highest BCUT2D eigenvalue weighted by molar-refractivity contribution is 5.56. The maximum absolute atomic E-state index is 4.69. The van der Waals surface area contributed by atoms with Crippen molar-refractivity contribution in [2.75, 3.05) is 0 Å². The van der Waals surface area contributed by atoms with Crippen molar-refractivity contribution in [1.82, 2.24) is 43.6 Å². The maximum atomic E-state index is 4.69. The minimum absolute atomic E-state index is 0.680. The summed E-state index contributed by atoms with van der Waals surface area (Å²) in [5.74, 6) is 0. The van der Waals surface area contributed by atoms with Gasteiger partial charge in [0.15, 0.2) is 0 Å². The van der Waals surface area contributed by atoms with Gasteiger partial charge in [-0.3, -0.25) is 29.9 Å². The van der Waals surface area contributed by atoms with Crippen LogP contribution in [0.2, 0.25) is 0 Å². The Hall–Kier alpha value is -8.25. The third kappa shape index (κ3) is 8.11. The van der Waals surface area contributed by atoms with Crippen LogP contribution < -0.4 is 13.7 Å². The molecule has 0 radical (unpaired) electrons. The van der Waals surface area contributed by atoms with Gasteiger partial charge in [0, 0.05) is 72.1 Å². The van der Waals surface area contributed by atoms with Gasteiger partial charge in [-0.05, 0) is 54.6 Å². The van der Waals surface area contributed by atoms with Crippen molar-refractivity contribution in [1.29, 1.82) is 0 Å². The van der Waals surface area contributed by atoms with E-state index < -0.39 is 0 Å². The SMILES string of the molecule is c1ccc(-c2ccc(C[n+]3ccn(-c4cc(-n5cc[n+](Cc6ccc(-c7ccccn7)nc6)c5)cc(-n5cc[n+](Cc6ccc(-c7ccccn7)nc6)c5)c4)c3)cn2)nc1. The van der Waals surface area contributed by atoms with Crippen molar-refractivity contribution >= 4 is 0 Å². The molecule has 0 aliphatic rings. The number of pyridine rings is 6. The zero-order valence-electron chi connectivity index (χ0n) is 32.5. The smallest absolute Gasteiger partial charge is 0.249 e. The zero-order chi connectivity index (χ0) is 40.1. The Bertz CT molecular complexity index is 2640. The second-order valence-corrected chi connectivity index (χ2v) is 14.5. The Balaban J connectivity index is 0.920. The monoisotopic (exact) mass is 783 g/mol. The fraction of sp³-hybridized carbons (Fsp3) is 0.0625. The summed E-state index contributed by atoms with van der Waals surface area (Å²) in [6.45, 7) is 2.04. The number of hydrogen-bond donors (Lipinski definition) is 0. The first kappa shape index (κ1) is 36.1. The lowest BCUT2D eigenvalue weighted by molar-refractivity contribution is -0.687. The van der Waals surface area contributed by atoms with Crippen molar-refractivity contribution in [3.63, 3.8) is 0 Å². The van der Waals surface area contributed by atoms with Gasteiger partial charge in [0.05, 0.1) is 34.2 Å². The van der Waals surface area contributed by atoms with E-state index in [-0.39, 0.29) is 0 Å². The molecule has 10 aromatic rings. The van der Waals surface area contributed by atoms with E-state index in [9.17, 15) is 0 Å². The molecule has 0 aliphatic heterocycles. The standard InChI is InChI=1S/C48H39N12/c1-4-16-49-43(7-1)46-13-10-37(28-52-46)31-55-19-22-58(34-55)40-25-41(59-23-20-56(35-59)32-38-11-14-47(53-29-38)44-8-2-5-17-50-44)27-42(26-40)60-24-21-57(36-60)33-39-12-15-48(54-30-39)45-9-3-6-18-51-45/h1-30,34-36H,31-33H2/q+3. The molecule has 12 nitrogen and oxygen atoms in total. The number of rotatable bonds is 12. The van der Waals surface area contributed by atoms with E-state index in [2.05, 4.69) is 150 Å². The number of nitrogens with zero attached hydrogens (tertiary/aromatic N) is 12. The summed E-state index contributed by atoms with van der Waals surface area (Å²) in [5, 5.41) is 0. The minimum Gasteiger partial charge on any atom is -0.255 e.